The van der Waals surface area contributed by atoms with Gasteiger partial charge in [-0.3, -0.25) is 9.69 Å². The second kappa shape index (κ2) is 4.67. The van der Waals surface area contributed by atoms with Crippen molar-refractivity contribution in [3.63, 3.8) is 0 Å². The smallest absolute Gasteiger partial charge is 0.187 e. The van der Waals surface area contributed by atoms with Gasteiger partial charge >= 0.3 is 0 Å². The summed E-state index contributed by atoms with van der Waals surface area (Å²) in [4.78, 5) is 17.6. The van der Waals surface area contributed by atoms with Crippen molar-refractivity contribution >= 4 is 0 Å². The van der Waals surface area contributed by atoms with E-state index in [-0.39, 0.29) is 5.43 Å². The third-order valence-electron chi connectivity index (χ3n) is 3.90. The zero-order chi connectivity index (χ0) is 13.4. The Morgan fingerprint density at radius 2 is 1.79 bits per heavy atom. The Labute approximate surface area is 112 Å². The predicted molar refractivity (Wildman–Crippen MR) is 75.9 cm³/mol. The maximum atomic E-state index is 11.9. The van der Waals surface area contributed by atoms with Gasteiger partial charge in [0.1, 0.15) is 0 Å². The molecule has 0 bridgehead atoms. The van der Waals surface area contributed by atoms with Gasteiger partial charge in [0.05, 0.1) is 0 Å². The third-order valence-corrected chi connectivity index (χ3v) is 3.90. The summed E-state index contributed by atoms with van der Waals surface area (Å²) >= 11 is 0. The van der Waals surface area contributed by atoms with Crippen LogP contribution in [0.3, 0.4) is 0 Å². The van der Waals surface area contributed by atoms with E-state index in [1.807, 2.05) is 20.0 Å². The molecule has 1 aromatic heterocycles. The highest BCUT2D eigenvalue weighted by molar-refractivity contribution is 5.31. The van der Waals surface area contributed by atoms with Gasteiger partial charge in [-0.15, -0.1) is 0 Å². The average Bonchev–Trinajstić information content (AvgIpc) is 2.82. The van der Waals surface area contributed by atoms with Crippen LogP contribution in [0, 0.1) is 13.8 Å². The van der Waals surface area contributed by atoms with Crippen molar-refractivity contribution in [3.05, 3.63) is 68.6 Å². The molecule has 0 unspecified atom stereocenters. The van der Waals surface area contributed by atoms with Gasteiger partial charge in [-0.25, -0.2) is 0 Å². The molecule has 3 heteroatoms. The zero-order valence-electron chi connectivity index (χ0n) is 11.4. The highest BCUT2D eigenvalue weighted by Gasteiger charge is 2.19. The Morgan fingerprint density at radius 3 is 2.42 bits per heavy atom. The van der Waals surface area contributed by atoms with Crippen LogP contribution in [0.5, 0.6) is 0 Å². The van der Waals surface area contributed by atoms with E-state index in [1.54, 1.807) is 0 Å². The number of pyridine rings is 1. The van der Waals surface area contributed by atoms with Crippen LogP contribution in [-0.2, 0) is 19.6 Å². The van der Waals surface area contributed by atoms with Crippen LogP contribution in [0.1, 0.15) is 27.9 Å². The number of nitrogens with one attached hydrogen (secondary N) is 1. The Balaban J connectivity index is 1.82. The van der Waals surface area contributed by atoms with E-state index in [0.717, 1.165) is 36.5 Å². The van der Waals surface area contributed by atoms with Gasteiger partial charge in [-0.2, -0.15) is 0 Å². The fraction of sp³-hybridized carbons (Fsp3) is 0.312. The van der Waals surface area contributed by atoms with Crippen molar-refractivity contribution < 1.29 is 0 Å². The minimum atomic E-state index is 0.158. The van der Waals surface area contributed by atoms with E-state index < -0.39 is 0 Å². The van der Waals surface area contributed by atoms with Crippen molar-refractivity contribution in [3.8, 4) is 0 Å². The quantitative estimate of drug-likeness (QED) is 0.894. The fourth-order valence-electron chi connectivity index (χ4n) is 2.71. The van der Waals surface area contributed by atoms with Gasteiger partial charge in [0, 0.05) is 42.7 Å². The number of rotatable bonds is 2. The fourth-order valence-corrected chi connectivity index (χ4v) is 2.71. The summed E-state index contributed by atoms with van der Waals surface area (Å²) in [5.74, 6) is 0. The molecule has 0 radical (unpaired) electrons. The van der Waals surface area contributed by atoms with E-state index in [0.29, 0.717) is 0 Å². The van der Waals surface area contributed by atoms with Crippen molar-refractivity contribution in [2.24, 2.45) is 0 Å². The minimum Gasteiger partial charge on any atom is -0.363 e. The second-order valence-corrected chi connectivity index (χ2v) is 5.32. The lowest BCUT2D eigenvalue weighted by atomic mass is 10.1. The first-order valence-electron chi connectivity index (χ1n) is 6.62. The van der Waals surface area contributed by atoms with Crippen LogP contribution in [0.4, 0.5) is 0 Å². The Kier molecular flexibility index (Phi) is 2.99. The van der Waals surface area contributed by atoms with Gasteiger partial charge in [0.2, 0.25) is 0 Å². The monoisotopic (exact) mass is 254 g/mol. The van der Waals surface area contributed by atoms with Crippen molar-refractivity contribution in [1.29, 1.82) is 0 Å². The van der Waals surface area contributed by atoms with E-state index in [2.05, 4.69) is 34.1 Å². The zero-order valence-corrected chi connectivity index (χ0v) is 11.4. The van der Waals surface area contributed by atoms with Crippen LogP contribution in [0.15, 0.2) is 35.3 Å². The first-order valence-corrected chi connectivity index (χ1v) is 6.62. The molecular formula is C16H18N2O. The highest BCUT2D eigenvalue weighted by Crippen LogP contribution is 2.23. The summed E-state index contributed by atoms with van der Waals surface area (Å²) in [7, 11) is 0. The molecule has 1 aliphatic heterocycles. The van der Waals surface area contributed by atoms with Crippen molar-refractivity contribution in [1.82, 2.24) is 9.88 Å². The van der Waals surface area contributed by atoms with E-state index in [4.69, 9.17) is 0 Å². The molecular weight excluding hydrogens is 236 g/mol. The molecule has 1 aliphatic rings. The number of aryl methyl sites for hydroxylation is 1. The highest BCUT2D eigenvalue weighted by atomic mass is 16.1. The molecule has 1 aromatic carbocycles. The van der Waals surface area contributed by atoms with Crippen LogP contribution in [-0.4, -0.2) is 9.88 Å². The van der Waals surface area contributed by atoms with Crippen molar-refractivity contribution in [2.75, 3.05) is 0 Å². The summed E-state index contributed by atoms with van der Waals surface area (Å²) in [6, 6.07) is 8.53. The maximum Gasteiger partial charge on any atom is 0.187 e. The van der Waals surface area contributed by atoms with Gasteiger partial charge < -0.3 is 4.98 Å². The Morgan fingerprint density at radius 1 is 1.16 bits per heavy atom. The topological polar surface area (TPSA) is 36.1 Å². The molecule has 0 atom stereocenters. The van der Waals surface area contributed by atoms with Gasteiger partial charge in [-0.1, -0.05) is 24.3 Å². The minimum absolute atomic E-state index is 0.158. The number of H-pyrrole nitrogens is 1. The molecule has 3 rings (SSSR count). The number of aromatic amines is 1. The Hall–Kier alpha value is -1.87. The molecule has 3 nitrogen and oxygen atoms in total. The molecule has 0 amide bonds. The van der Waals surface area contributed by atoms with Crippen molar-refractivity contribution in [2.45, 2.75) is 33.5 Å². The summed E-state index contributed by atoms with van der Waals surface area (Å²) in [5.41, 5.74) is 5.61. The van der Waals surface area contributed by atoms with Crippen LogP contribution < -0.4 is 5.43 Å². The summed E-state index contributed by atoms with van der Waals surface area (Å²) in [5, 5.41) is 0. The molecule has 0 spiro atoms. The van der Waals surface area contributed by atoms with Crippen LogP contribution >= 0.6 is 0 Å². The summed E-state index contributed by atoms with van der Waals surface area (Å²) in [6.07, 6.45) is 1.81. The lowest BCUT2D eigenvalue weighted by Crippen LogP contribution is -2.21. The largest absolute Gasteiger partial charge is 0.363 e. The first kappa shape index (κ1) is 12.2. The van der Waals surface area contributed by atoms with Crippen LogP contribution in [0.2, 0.25) is 0 Å². The summed E-state index contributed by atoms with van der Waals surface area (Å²) < 4.78 is 0. The number of hydrogen-bond donors (Lipinski definition) is 1. The molecule has 0 saturated heterocycles. The van der Waals surface area contributed by atoms with E-state index >= 15 is 0 Å². The van der Waals surface area contributed by atoms with E-state index in [1.165, 1.54) is 11.1 Å². The SMILES string of the molecule is Cc1c[nH]c(CN2Cc3ccccc3C2)c(C)c1=O. The van der Waals surface area contributed by atoms with E-state index in [9.17, 15) is 4.79 Å². The molecule has 0 aliphatic carbocycles. The molecule has 0 fully saturated rings. The van der Waals surface area contributed by atoms with Gasteiger partial charge in [0.15, 0.2) is 5.43 Å². The Bertz CT molecular complexity index is 648. The molecule has 2 aromatic rings. The van der Waals surface area contributed by atoms with Gasteiger partial charge in [-0.05, 0) is 25.0 Å². The second-order valence-electron chi connectivity index (χ2n) is 5.32. The lowest BCUT2D eigenvalue weighted by Gasteiger charge is -2.16. The number of fused-ring (bicyclic) bond motifs is 1. The molecule has 0 saturated carbocycles. The number of aromatic nitrogens is 1. The maximum absolute atomic E-state index is 11.9. The normalized spacial score (nSPS) is 14.6. The molecule has 2 heterocycles. The molecule has 19 heavy (non-hydrogen) atoms. The van der Waals surface area contributed by atoms with Gasteiger partial charge in [0.25, 0.3) is 0 Å². The molecule has 98 valence electrons. The predicted octanol–water partition coefficient (Wildman–Crippen LogP) is 2.51. The first-order chi connectivity index (χ1) is 9.15. The number of hydrogen-bond acceptors (Lipinski definition) is 2. The molecule has 1 N–H and O–H groups in total. The average molecular weight is 254 g/mol. The number of nitrogens with zero attached hydrogens (tertiary/aromatic N) is 1. The number of benzene rings is 1. The third kappa shape index (κ3) is 2.22. The lowest BCUT2D eigenvalue weighted by molar-refractivity contribution is 0.271. The summed E-state index contributed by atoms with van der Waals surface area (Å²) in [6.45, 7) is 6.48. The standard InChI is InChI=1S/C16H18N2O/c1-11-7-17-15(12(2)16(11)19)10-18-8-13-5-3-4-6-14(13)9-18/h3-7H,8-10H2,1-2H3,(H,17,19). The van der Waals surface area contributed by atoms with Crippen LogP contribution in [0.25, 0.3) is 0 Å².